The summed E-state index contributed by atoms with van der Waals surface area (Å²) in [7, 11) is 0. The first-order valence-electron chi connectivity index (χ1n) is 10.3. The van der Waals surface area contributed by atoms with E-state index >= 15 is 0 Å². The third kappa shape index (κ3) is 19.7. The van der Waals surface area contributed by atoms with Crippen molar-refractivity contribution in [1.82, 2.24) is 5.32 Å². The van der Waals surface area contributed by atoms with E-state index in [9.17, 15) is 0 Å². The van der Waals surface area contributed by atoms with Gasteiger partial charge in [-0.2, -0.15) is 0 Å². The number of nitrogens with one attached hydrogen (secondary N) is 1. The minimum Gasteiger partial charge on any atom is -0.317 e. The number of hydrogen-bond donors (Lipinski definition) is 1. The molecule has 0 aliphatic rings. The topological polar surface area (TPSA) is 12.0 Å². The quantitative estimate of drug-likeness (QED) is 0.212. The lowest BCUT2D eigenvalue weighted by Crippen LogP contribution is -2.13. The molecule has 22 heavy (non-hydrogen) atoms. The molecule has 0 amide bonds. The smallest absolute Gasteiger partial charge is 0.00490 e. The molecule has 0 aromatic carbocycles. The van der Waals surface area contributed by atoms with E-state index in [2.05, 4.69) is 31.3 Å². The molecule has 0 rings (SSSR count). The van der Waals surface area contributed by atoms with E-state index in [1.54, 1.807) is 0 Å². The van der Waals surface area contributed by atoms with Gasteiger partial charge in [0.05, 0.1) is 0 Å². The fourth-order valence-electron chi connectivity index (χ4n) is 2.85. The normalized spacial score (nSPS) is 11.5. The Morgan fingerprint density at radius 3 is 1.50 bits per heavy atom. The van der Waals surface area contributed by atoms with Gasteiger partial charge in [-0.1, -0.05) is 90.2 Å². The summed E-state index contributed by atoms with van der Waals surface area (Å²) in [5, 5.41) is 3.39. The van der Waals surface area contributed by atoms with Gasteiger partial charge in [0.1, 0.15) is 0 Å². The van der Waals surface area contributed by atoms with Crippen LogP contribution >= 0.6 is 0 Å². The molecule has 0 unspecified atom stereocenters. The van der Waals surface area contributed by atoms with Crippen LogP contribution in [0.4, 0.5) is 0 Å². The van der Waals surface area contributed by atoms with Crippen LogP contribution in [0.3, 0.4) is 0 Å². The van der Waals surface area contributed by atoms with Crippen molar-refractivity contribution in [3.63, 3.8) is 0 Å². The van der Waals surface area contributed by atoms with Crippen LogP contribution in [0, 0.1) is 0 Å². The lowest BCUT2D eigenvalue weighted by atomic mass is 10.1. The van der Waals surface area contributed by atoms with E-state index in [0.717, 1.165) is 6.54 Å². The van der Waals surface area contributed by atoms with Crippen molar-refractivity contribution in [1.29, 1.82) is 0 Å². The Balaban J connectivity index is 3.02. The largest absolute Gasteiger partial charge is 0.317 e. The van der Waals surface area contributed by atoms with Gasteiger partial charge in [-0.15, -0.1) is 0 Å². The Bertz CT molecular complexity index is 210. The second-order valence-electron chi connectivity index (χ2n) is 6.64. The molecular weight excluding hydrogens is 266 g/mol. The first-order valence-corrected chi connectivity index (χ1v) is 10.3. The van der Waals surface area contributed by atoms with E-state index in [1.807, 2.05) is 0 Å². The maximum absolute atomic E-state index is 3.39. The molecule has 1 nitrogen and oxygen atoms in total. The predicted molar refractivity (Wildman–Crippen MR) is 103 cm³/mol. The summed E-state index contributed by atoms with van der Waals surface area (Å²) < 4.78 is 0. The third-order valence-electron chi connectivity index (χ3n) is 4.37. The minimum atomic E-state index is 1.12. The number of rotatable bonds is 18. The fraction of sp³-hybridized carbons (Fsp3) is 0.905. The summed E-state index contributed by atoms with van der Waals surface area (Å²) in [6.07, 6.45) is 25.8. The van der Waals surface area contributed by atoms with Gasteiger partial charge in [0, 0.05) is 0 Å². The van der Waals surface area contributed by atoms with Crippen molar-refractivity contribution in [2.24, 2.45) is 0 Å². The minimum absolute atomic E-state index is 1.12. The Hall–Kier alpha value is -0.300. The lowest BCUT2D eigenvalue weighted by molar-refractivity contribution is 0.563. The highest BCUT2D eigenvalue weighted by molar-refractivity contribution is 4.81. The van der Waals surface area contributed by atoms with Gasteiger partial charge in [0.2, 0.25) is 0 Å². The Kier molecular flexibility index (Phi) is 20.4. The van der Waals surface area contributed by atoms with E-state index in [0.29, 0.717) is 0 Å². The first-order chi connectivity index (χ1) is 10.9. The molecule has 0 saturated carbocycles. The maximum atomic E-state index is 3.39. The highest BCUT2D eigenvalue weighted by Gasteiger charge is 1.92. The van der Waals surface area contributed by atoms with Gasteiger partial charge < -0.3 is 5.32 Å². The Labute approximate surface area is 141 Å². The van der Waals surface area contributed by atoms with Crippen LogP contribution in [0.15, 0.2) is 12.2 Å². The Morgan fingerprint density at radius 2 is 1.00 bits per heavy atom. The molecule has 0 aliphatic carbocycles. The van der Waals surface area contributed by atoms with Crippen molar-refractivity contribution >= 4 is 0 Å². The zero-order valence-electron chi connectivity index (χ0n) is 15.7. The molecule has 0 aromatic heterocycles. The van der Waals surface area contributed by atoms with Crippen LogP contribution in [0.25, 0.3) is 0 Å². The molecule has 0 saturated heterocycles. The van der Waals surface area contributed by atoms with Gasteiger partial charge in [0.15, 0.2) is 0 Å². The Morgan fingerprint density at radius 1 is 0.545 bits per heavy atom. The molecule has 0 fully saturated rings. The van der Waals surface area contributed by atoms with Crippen LogP contribution in [-0.4, -0.2) is 13.1 Å². The second-order valence-corrected chi connectivity index (χ2v) is 6.64. The van der Waals surface area contributed by atoms with Crippen LogP contribution in [-0.2, 0) is 0 Å². The van der Waals surface area contributed by atoms with E-state index in [4.69, 9.17) is 0 Å². The van der Waals surface area contributed by atoms with Crippen LogP contribution in [0.2, 0.25) is 0 Å². The molecule has 0 aliphatic heterocycles. The molecule has 0 radical (unpaired) electrons. The van der Waals surface area contributed by atoms with E-state index in [-0.39, 0.29) is 0 Å². The molecule has 0 heterocycles. The van der Waals surface area contributed by atoms with Crippen molar-refractivity contribution in [3.8, 4) is 0 Å². The predicted octanol–water partition coefficient (Wildman–Crippen LogP) is 7.02. The molecule has 0 atom stereocenters. The average molecular weight is 310 g/mol. The third-order valence-corrected chi connectivity index (χ3v) is 4.37. The molecule has 132 valence electrons. The molecule has 0 aromatic rings. The summed E-state index contributed by atoms with van der Waals surface area (Å²) in [4.78, 5) is 0. The summed E-state index contributed by atoms with van der Waals surface area (Å²) in [5.74, 6) is 0. The SMILES string of the molecule is CCCCCCCCC=CCCCCCCCCCNCC. The average Bonchev–Trinajstić information content (AvgIpc) is 2.54. The summed E-state index contributed by atoms with van der Waals surface area (Å²) >= 11 is 0. The lowest BCUT2D eigenvalue weighted by Gasteiger charge is -2.02. The monoisotopic (exact) mass is 309 g/mol. The van der Waals surface area contributed by atoms with Gasteiger partial charge in [-0.05, 0) is 45.2 Å². The molecular formula is C21H43N. The summed E-state index contributed by atoms with van der Waals surface area (Å²) in [6, 6.07) is 0. The second kappa shape index (κ2) is 20.7. The molecule has 1 heteroatoms. The van der Waals surface area contributed by atoms with Crippen molar-refractivity contribution in [2.75, 3.05) is 13.1 Å². The van der Waals surface area contributed by atoms with E-state index < -0.39 is 0 Å². The standard InChI is InChI=1S/C21H43N/c1-3-5-6-7-8-9-10-11-12-13-14-15-16-17-18-19-20-21-22-4-2/h11-12,22H,3-10,13-21H2,1-2H3. The molecule has 0 bridgehead atoms. The van der Waals surface area contributed by atoms with Gasteiger partial charge in [-0.25, -0.2) is 0 Å². The van der Waals surface area contributed by atoms with Crippen LogP contribution < -0.4 is 5.32 Å². The number of allylic oxidation sites excluding steroid dienone is 2. The molecule has 1 N–H and O–H groups in total. The van der Waals surface area contributed by atoms with Crippen molar-refractivity contribution < 1.29 is 0 Å². The fourth-order valence-corrected chi connectivity index (χ4v) is 2.85. The summed E-state index contributed by atoms with van der Waals surface area (Å²) in [5.41, 5.74) is 0. The highest BCUT2D eigenvalue weighted by Crippen LogP contribution is 2.10. The van der Waals surface area contributed by atoms with Crippen LogP contribution in [0.1, 0.15) is 110 Å². The number of hydrogen-bond acceptors (Lipinski definition) is 1. The zero-order chi connectivity index (χ0) is 16.1. The van der Waals surface area contributed by atoms with E-state index in [1.165, 1.54) is 103 Å². The number of unbranched alkanes of at least 4 members (excludes halogenated alkanes) is 13. The van der Waals surface area contributed by atoms with Gasteiger partial charge in [0.25, 0.3) is 0 Å². The first kappa shape index (κ1) is 21.7. The summed E-state index contributed by atoms with van der Waals surface area (Å²) in [6.45, 7) is 6.79. The van der Waals surface area contributed by atoms with Crippen molar-refractivity contribution in [2.45, 2.75) is 110 Å². The zero-order valence-corrected chi connectivity index (χ0v) is 15.7. The van der Waals surface area contributed by atoms with Crippen molar-refractivity contribution in [3.05, 3.63) is 12.2 Å². The maximum Gasteiger partial charge on any atom is -0.00490 e. The van der Waals surface area contributed by atoms with Gasteiger partial charge >= 0.3 is 0 Å². The van der Waals surface area contributed by atoms with Gasteiger partial charge in [-0.3, -0.25) is 0 Å². The molecule has 0 spiro atoms. The highest BCUT2D eigenvalue weighted by atomic mass is 14.8. The van der Waals surface area contributed by atoms with Crippen LogP contribution in [0.5, 0.6) is 0 Å².